The highest BCUT2D eigenvalue weighted by atomic mass is 15.2. The van der Waals surface area contributed by atoms with E-state index in [1.54, 1.807) is 0 Å². The Kier molecular flexibility index (Phi) is 3.55. The summed E-state index contributed by atoms with van der Waals surface area (Å²) >= 11 is 0. The molecule has 0 aromatic carbocycles. The van der Waals surface area contributed by atoms with Gasteiger partial charge in [0.05, 0.1) is 5.56 Å². The van der Waals surface area contributed by atoms with Gasteiger partial charge in [-0.25, -0.2) is 4.98 Å². The molecule has 0 unspecified atom stereocenters. The molecule has 0 bridgehead atoms. The van der Waals surface area contributed by atoms with E-state index in [1.807, 2.05) is 7.05 Å². The van der Waals surface area contributed by atoms with Gasteiger partial charge in [0.15, 0.2) is 0 Å². The van der Waals surface area contributed by atoms with E-state index >= 15 is 0 Å². The highest BCUT2D eigenvalue weighted by Gasteiger charge is 2.20. The molecule has 0 fully saturated rings. The number of hydrogen-bond donors (Lipinski definition) is 2. The Morgan fingerprint density at radius 3 is 2.83 bits per heavy atom. The third kappa shape index (κ3) is 2.47. The molecule has 1 aromatic rings. The molecule has 0 spiro atoms. The van der Waals surface area contributed by atoms with Crippen molar-refractivity contribution < 1.29 is 0 Å². The Hall–Kier alpha value is -1.58. The molecule has 4 nitrogen and oxygen atoms in total. The second-order valence-corrected chi connectivity index (χ2v) is 5.51. The van der Waals surface area contributed by atoms with Crippen LogP contribution in [0.2, 0.25) is 0 Å². The van der Waals surface area contributed by atoms with Crippen LogP contribution in [0.25, 0.3) is 0 Å². The van der Waals surface area contributed by atoms with Crippen LogP contribution >= 0.6 is 0 Å². The first-order valence-electron chi connectivity index (χ1n) is 6.57. The first-order chi connectivity index (χ1) is 8.49. The molecule has 3 N–H and O–H groups in total. The van der Waals surface area contributed by atoms with Crippen molar-refractivity contribution in [2.24, 2.45) is 11.7 Å². The summed E-state index contributed by atoms with van der Waals surface area (Å²) in [5, 5.41) is 7.73. The molecule has 0 saturated heterocycles. The SMILES string of the molecule is CC(C)CN(C)c1nc2c(cc1C(=N)N)CCC2. The predicted octanol–water partition coefficient (Wildman–Crippen LogP) is 1.95. The molecule has 1 aliphatic carbocycles. The van der Waals surface area contributed by atoms with E-state index in [2.05, 4.69) is 24.8 Å². The summed E-state index contributed by atoms with van der Waals surface area (Å²) in [7, 11) is 2.02. The zero-order valence-corrected chi connectivity index (χ0v) is 11.5. The minimum absolute atomic E-state index is 0.114. The number of amidine groups is 1. The smallest absolute Gasteiger partial charge is 0.139 e. The normalized spacial score (nSPS) is 13.8. The summed E-state index contributed by atoms with van der Waals surface area (Å²) in [6.45, 7) is 5.28. The quantitative estimate of drug-likeness (QED) is 0.630. The molecular weight excluding hydrogens is 224 g/mol. The fourth-order valence-corrected chi connectivity index (χ4v) is 2.58. The van der Waals surface area contributed by atoms with E-state index < -0.39 is 0 Å². The van der Waals surface area contributed by atoms with E-state index in [0.717, 1.165) is 37.2 Å². The molecule has 98 valence electrons. The van der Waals surface area contributed by atoms with Gasteiger partial charge in [0.2, 0.25) is 0 Å². The zero-order valence-electron chi connectivity index (χ0n) is 11.5. The van der Waals surface area contributed by atoms with E-state index in [-0.39, 0.29) is 5.84 Å². The molecule has 0 aliphatic heterocycles. The Bertz CT molecular complexity index is 465. The fourth-order valence-electron chi connectivity index (χ4n) is 2.58. The van der Waals surface area contributed by atoms with Crippen LogP contribution in [0, 0.1) is 11.3 Å². The lowest BCUT2D eigenvalue weighted by Gasteiger charge is -2.23. The summed E-state index contributed by atoms with van der Waals surface area (Å²) in [5.74, 6) is 1.53. The van der Waals surface area contributed by atoms with Gasteiger partial charge in [0.25, 0.3) is 0 Å². The first kappa shape index (κ1) is 12.9. The number of fused-ring (bicyclic) bond motifs is 1. The average Bonchev–Trinajstić information content (AvgIpc) is 2.72. The second-order valence-electron chi connectivity index (χ2n) is 5.51. The Morgan fingerprint density at radius 2 is 2.22 bits per heavy atom. The molecule has 0 radical (unpaired) electrons. The highest BCUT2D eigenvalue weighted by Crippen LogP contribution is 2.27. The van der Waals surface area contributed by atoms with Crippen molar-refractivity contribution >= 4 is 11.7 Å². The average molecular weight is 246 g/mol. The molecule has 1 aliphatic rings. The van der Waals surface area contributed by atoms with Crippen molar-refractivity contribution in [3.8, 4) is 0 Å². The van der Waals surface area contributed by atoms with Crippen LogP contribution < -0.4 is 10.6 Å². The molecule has 1 aromatic heterocycles. The number of nitrogens with one attached hydrogen (secondary N) is 1. The van der Waals surface area contributed by atoms with Gasteiger partial charge in [-0.15, -0.1) is 0 Å². The van der Waals surface area contributed by atoms with Crippen LogP contribution in [0.5, 0.6) is 0 Å². The molecule has 0 amide bonds. The lowest BCUT2D eigenvalue weighted by molar-refractivity contribution is 0.633. The van der Waals surface area contributed by atoms with Gasteiger partial charge in [-0.3, -0.25) is 5.41 Å². The Labute approximate surface area is 109 Å². The summed E-state index contributed by atoms with van der Waals surface area (Å²) in [6.07, 6.45) is 3.28. The monoisotopic (exact) mass is 246 g/mol. The molecule has 0 atom stereocenters. The van der Waals surface area contributed by atoms with Gasteiger partial charge in [-0.2, -0.15) is 0 Å². The topological polar surface area (TPSA) is 66.0 Å². The van der Waals surface area contributed by atoms with Crippen LogP contribution in [-0.4, -0.2) is 24.4 Å². The number of pyridine rings is 1. The molecule has 1 heterocycles. The summed E-state index contributed by atoms with van der Waals surface area (Å²) < 4.78 is 0. The van der Waals surface area contributed by atoms with Crippen molar-refractivity contribution in [3.63, 3.8) is 0 Å². The number of nitrogens with two attached hydrogens (primary N) is 1. The van der Waals surface area contributed by atoms with Gasteiger partial charge in [-0.1, -0.05) is 13.8 Å². The number of aryl methyl sites for hydroxylation is 2. The fraction of sp³-hybridized carbons (Fsp3) is 0.571. The molecule has 4 heteroatoms. The second kappa shape index (κ2) is 4.96. The van der Waals surface area contributed by atoms with Gasteiger partial charge in [0.1, 0.15) is 11.7 Å². The van der Waals surface area contributed by atoms with Crippen molar-refractivity contribution in [3.05, 3.63) is 22.9 Å². The third-order valence-electron chi connectivity index (χ3n) is 3.32. The van der Waals surface area contributed by atoms with Crippen LogP contribution in [0.3, 0.4) is 0 Å². The van der Waals surface area contributed by atoms with Crippen LogP contribution in [0.4, 0.5) is 5.82 Å². The van der Waals surface area contributed by atoms with Crippen LogP contribution in [-0.2, 0) is 12.8 Å². The first-order valence-corrected chi connectivity index (χ1v) is 6.57. The van der Waals surface area contributed by atoms with Gasteiger partial charge in [-0.05, 0) is 36.8 Å². The highest BCUT2D eigenvalue weighted by molar-refractivity contribution is 5.99. The molecule has 2 rings (SSSR count). The third-order valence-corrected chi connectivity index (χ3v) is 3.32. The van der Waals surface area contributed by atoms with E-state index in [9.17, 15) is 0 Å². The predicted molar refractivity (Wildman–Crippen MR) is 75.4 cm³/mol. The van der Waals surface area contributed by atoms with Crippen LogP contribution in [0.15, 0.2) is 6.07 Å². The van der Waals surface area contributed by atoms with E-state index in [1.165, 1.54) is 11.3 Å². The summed E-state index contributed by atoms with van der Waals surface area (Å²) in [5.41, 5.74) is 8.92. The summed E-state index contributed by atoms with van der Waals surface area (Å²) in [4.78, 5) is 6.84. The number of anilines is 1. The maximum Gasteiger partial charge on any atom is 0.139 e. The Morgan fingerprint density at radius 1 is 1.50 bits per heavy atom. The number of rotatable bonds is 4. The Balaban J connectivity index is 2.41. The van der Waals surface area contributed by atoms with E-state index in [4.69, 9.17) is 16.1 Å². The number of aromatic nitrogens is 1. The standard InChI is InChI=1S/C14H22N4/c1-9(2)8-18(3)14-11(13(15)16)7-10-5-4-6-12(10)17-14/h7,9H,4-6,8H2,1-3H3,(H3,15,16). The minimum atomic E-state index is 0.114. The minimum Gasteiger partial charge on any atom is -0.384 e. The lowest BCUT2D eigenvalue weighted by Crippen LogP contribution is -2.27. The zero-order chi connectivity index (χ0) is 13.3. The van der Waals surface area contributed by atoms with Crippen molar-refractivity contribution in [1.82, 2.24) is 4.98 Å². The molecule has 18 heavy (non-hydrogen) atoms. The van der Waals surface area contributed by atoms with Crippen molar-refractivity contribution in [2.75, 3.05) is 18.5 Å². The molecule has 0 saturated carbocycles. The van der Waals surface area contributed by atoms with Gasteiger partial charge < -0.3 is 10.6 Å². The van der Waals surface area contributed by atoms with Crippen molar-refractivity contribution in [1.29, 1.82) is 5.41 Å². The van der Waals surface area contributed by atoms with Crippen molar-refractivity contribution in [2.45, 2.75) is 33.1 Å². The van der Waals surface area contributed by atoms with Gasteiger partial charge >= 0.3 is 0 Å². The van der Waals surface area contributed by atoms with Gasteiger partial charge in [0, 0.05) is 19.3 Å². The molecular formula is C14H22N4. The lowest BCUT2D eigenvalue weighted by atomic mass is 10.1. The number of hydrogen-bond acceptors (Lipinski definition) is 3. The van der Waals surface area contributed by atoms with E-state index in [0.29, 0.717) is 5.92 Å². The maximum atomic E-state index is 7.73. The largest absolute Gasteiger partial charge is 0.384 e. The van der Waals surface area contributed by atoms with Crippen LogP contribution in [0.1, 0.15) is 37.1 Å². The maximum absolute atomic E-state index is 7.73. The number of nitrogens with zero attached hydrogens (tertiary/aromatic N) is 2. The number of nitrogen functional groups attached to an aromatic ring is 1. The summed E-state index contributed by atoms with van der Waals surface area (Å²) in [6, 6.07) is 2.06.